The second-order valence-electron chi connectivity index (χ2n) is 8.23. The maximum atomic E-state index is 13.5. The van der Waals surface area contributed by atoms with Crippen LogP contribution in [0.15, 0.2) is 81.9 Å². The fraction of sp³-hybridized carbons (Fsp3) is 0.333. The molecule has 0 unspecified atom stereocenters. The molecule has 0 bridgehead atoms. The monoisotopic (exact) mass is 520 g/mol. The fourth-order valence-electron chi connectivity index (χ4n) is 3.88. The smallest absolute Gasteiger partial charge is 0.243 e. The highest BCUT2D eigenvalue weighted by atomic mass is 32.2. The molecule has 2 aromatic carbocycles. The zero-order valence-corrected chi connectivity index (χ0v) is 21.4. The highest BCUT2D eigenvalue weighted by molar-refractivity contribution is 7.89. The molecule has 1 aliphatic heterocycles. The van der Waals surface area contributed by atoms with Crippen molar-refractivity contribution in [1.82, 2.24) is 8.61 Å². The van der Waals surface area contributed by atoms with Crippen molar-refractivity contribution in [1.29, 1.82) is 0 Å². The Kier molecular flexibility index (Phi) is 7.86. The topological polar surface area (TPSA) is 84.0 Å². The van der Waals surface area contributed by atoms with E-state index in [-0.39, 0.29) is 35.5 Å². The van der Waals surface area contributed by atoms with Crippen LogP contribution in [0.2, 0.25) is 0 Å². The van der Waals surface area contributed by atoms with Crippen LogP contribution in [0.3, 0.4) is 0 Å². The predicted molar refractivity (Wildman–Crippen MR) is 132 cm³/mol. The first-order chi connectivity index (χ1) is 16.3. The standard InChI is InChI=1S/C24H28N2O5S3/c1-25(17-20-7-3-2-4-8-20)33(27,28)23-11-13-24(14-12-23)34(29,30)26(18-21-9-5-15-31-21)19-22-10-6-16-32-22/h2-4,6-8,10-14,16,21H,5,9,15,17-19H2,1H3/t21-/m0/s1. The third kappa shape index (κ3) is 5.76. The molecule has 1 atom stereocenters. The van der Waals surface area contributed by atoms with E-state index in [2.05, 4.69) is 0 Å². The van der Waals surface area contributed by atoms with Gasteiger partial charge in [0.15, 0.2) is 0 Å². The third-order valence-corrected chi connectivity index (χ3v) is 10.3. The summed E-state index contributed by atoms with van der Waals surface area (Å²) in [4.78, 5) is 1.05. The van der Waals surface area contributed by atoms with Crippen LogP contribution in [0.5, 0.6) is 0 Å². The van der Waals surface area contributed by atoms with E-state index in [1.807, 2.05) is 47.8 Å². The van der Waals surface area contributed by atoms with Gasteiger partial charge in [0.05, 0.1) is 15.9 Å². The summed E-state index contributed by atoms with van der Waals surface area (Å²) < 4.78 is 61.4. The zero-order chi connectivity index (χ0) is 24.2. The molecule has 0 amide bonds. The summed E-state index contributed by atoms with van der Waals surface area (Å²) >= 11 is 1.50. The van der Waals surface area contributed by atoms with Crippen molar-refractivity contribution < 1.29 is 21.6 Å². The number of nitrogens with zero attached hydrogens (tertiary/aromatic N) is 2. The number of rotatable bonds is 10. The Balaban J connectivity index is 1.55. The van der Waals surface area contributed by atoms with Crippen LogP contribution >= 0.6 is 11.3 Å². The van der Waals surface area contributed by atoms with Gasteiger partial charge in [0.2, 0.25) is 20.0 Å². The number of thiophene rings is 1. The molecule has 2 heterocycles. The van der Waals surface area contributed by atoms with E-state index in [1.54, 1.807) is 0 Å². The van der Waals surface area contributed by atoms with Crippen LogP contribution in [0, 0.1) is 0 Å². The van der Waals surface area contributed by atoms with Gasteiger partial charge in [-0.05, 0) is 54.1 Å². The Morgan fingerprint density at radius 2 is 1.56 bits per heavy atom. The van der Waals surface area contributed by atoms with Crippen molar-refractivity contribution in [2.45, 2.75) is 41.8 Å². The minimum Gasteiger partial charge on any atom is -0.377 e. The summed E-state index contributed by atoms with van der Waals surface area (Å²) in [5.74, 6) is 0. The van der Waals surface area contributed by atoms with Crippen molar-refractivity contribution in [3.63, 3.8) is 0 Å². The van der Waals surface area contributed by atoms with Crippen LogP contribution in [0.1, 0.15) is 23.3 Å². The highest BCUT2D eigenvalue weighted by Crippen LogP contribution is 2.25. The molecule has 7 nitrogen and oxygen atoms in total. The third-order valence-electron chi connectivity index (χ3n) is 5.76. The lowest BCUT2D eigenvalue weighted by atomic mass is 10.2. The molecule has 0 radical (unpaired) electrons. The molecular formula is C24H28N2O5S3. The van der Waals surface area contributed by atoms with E-state index in [0.717, 1.165) is 23.3 Å². The van der Waals surface area contributed by atoms with Crippen LogP contribution in [0.4, 0.5) is 0 Å². The lowest BCUT2D eigenvalue weighted by Gasteiger charge is -2.24. The van der Waals surface area contributed by atoms with Crippen molar-refractivity contribution in [3.8, 4) is 0 Å². The molecule has 4 rings (SSSR count). The molecule has 0 N–H and O–H groups in total. The minimum absolute atomic E-state index is 0.0498. The van der Waals surface area contributed by atoms with Gasteiger partial charge in [0, 0.05) is 38.2 Å². The van der Waals surface area contributed by atoms with Gasteiger partial charge in [-0.2, -0.15) is 8.61 Å². The molecule has 34 heavy (non-hydrogen) atoms. The predicted octanol–water partition coefficient (Wildman–Crippen LogP) is 3.94. The van der Waals surface area contributed by atoms with E-state index in [4.69, 9.17) is 4.74 Å². The molecular weight excluding hydrogens is 492 g/mol. The highest BCUT2D eigenvalue weighted by Gasteiger charge is 2.30. The summed E-state index contributed by atoms with van der Waals surface area (Å²) in [6.45, 7) is 1.37. The lowest BCUT2D eigenvalue weighted by molar-refractivity contribution is 0.0927. The largest absolute Gasteiger partial charge is 0.377 e. The molecule has 0 spiro atoms. The molecule has 0 aliphatic carbocycles. The van der Waals surface area contributed by atoms with E-state index in [9.17, 15) is 16.8 Å². The second-order valence-corrected chi connectivity index (χ2v) is 13.2. The fourth-order valence-corrected chi connectivity index (χ4v) is 7.29. The van der Waals surface area contributed by atoms with Crippen LogP contribution in [-0.4, -0.2) is 51.7 Å². The van der Waals surface area contributed by atoms with Crippen molar-refractivity contribution in [2.24, 2.45) is 0 Å². The van der Waals surface area contributed by atoms with Gasteiger partial charge in [-0.3, -0.25) is 0 Å². The summed E-state index contributed by atoms with van der Waals surface area (Å²) in [7, 11) is -6.11. The Labute approximate surface area is 205 Å². The van der Waals surface area contributed by atoms with Gasteiger partial charge in [0.1, 0.15) is 0 Å². The van der Waals surface area contributed by atoms with Gasteiger partial charge in [-0.1, -0.05) is 36.4 Å². The van der Waals surface area contributed by atoms with Crippen LogP contribution < -0.4 is 0 Å². The SMILES string of the molecule is CN(Cc1ccccc1)S(=O)(=O)c1ccc(S(=O)(=O)N(Cc2cccs2)C[C@@H]2CCCO2)cc1. The van der Waals surface area contributed by atoms with Crippen molar-refractivity contribution in [3.05, 3.63) is 82.6 Å². The molecule has 182 valence electrons. The first kappa shape index (κ1) is 25.0. The van der Waals surface area contributed by atoms with E-state index in [0.29, 0.717) is 6.61 Å². The van der Waals surface area contributed by atoms with Crippen LogP contribution in [0.25, 0.3) is 0 Å². The zero-order valence-electron chi connectivity index (χ0n) is 18.9. The quantitative estimate of drug-likeness (QED) is 0.404. The van der Waals surface area contributed by atoms with Crippen molar-refractivity contribution >= 4 is 31.4 Å². The molecule has 1 fully saturated rings. The number of hydrogen-bond acceptors (Lipinski definition) is 6. The lowest BCUT2D eigenvalue weighted by Crippen LogP contribution is -2.36. The van der Waals surface area contributed by atoms with Gasteiger partial charge < -0.3 is 4.74 Å². The average Bonchev–Trinajstić information content (AvgIpc) is 3.54. The van der Waals surface area contributed by atoms with E-state index < -0.39 is 20.0 Å². The summed E-state index contributed by atoms with van der Waals surface area (Å²) in [6.07, 6.45) is 1.60. The van der Waals surface area contributed by atoms with Gasteiger partial charge in [-0.25, -0.2) is 16.8 Å². The maximum absolute atomic E-state index is 13.5. The first-order valence-corrected chi connectivity index (χ1v) is 14.8. The molecule has 0 saturated carbocycles. The number of sulfonamides is 2. The Bertz CT molecular complexity index is 1270. The summed E-state index contributed by atoms with van der Waals surface area (Å²) in [5.41, 5.74) is 0.867. The Morgan fingerprint density at radius 1 is 0.882 bits per heavy atom. The number of hydrogen-bond donors (Lipinski definition) is 0. The first-order valence-electron chi connectivity index (χ1n) is 11.0. The molecule has 1 aromatic heterocycles. The Morgan fingerprint density at radius 3 is 2.15 bits per heavy atom. The summed E-state index contributed by atoms with van der Waals surface area (Å²) in [5, 5.41) is 1.91. The number of benzene rings is 2. The normalized spacial score (nSPS) is 17.0. The van der Waals surface area contributed by atoms with E-state index in [1.165, 1.54) is 51.3 Å². The second kappa shape index (κ2) is 10.7. The molecule has 1 aliphatic rings. The molecule has 1 saturated heterocycles. The maximum Gasteiger partial charge on any atom is 0.243 e. The Hall–Kier alpha value is -2.08. The van der Waals surface area contributed by atoms with E-state index >= 15 is 0 Å². The van der Waals surface area contributed by atoms with Crippen molar-refractivity contribution in [2.75, 3.05) is 20.2 Å². The summed E-state index contributed by atoms with van der Waals surface area (Å²) in [6, 6.07) is 18.6. The average molecular weight is 521 g/mol. The molecule has 3 aromatic rings. The van der Waals surface area contributed by atoms with Gasteiger partial charge >= 0.3 is 0 Å². The van der Waals surface area contributed by atoms with Gasteiger partial charge in [-0.15, -0.1) is 11.3 Å². The van der Waals surface area contributed by atoms with Gasteiger partial charge in [0.25, 0.3) is 0 Å². The number of ether oxygens (including phenoxy) is 1. The molecule has 10 heteroatoms. The van der Waals surface area contributed by atoms with Crippen LogP contribution in [-0.2, 0) is 37.9 Å². The minimum atomic E-state index is -3.84.